The number of piperazine rings is 1. The molecule has 0 aliphatic carbocycles. The molecule has 0 amide bonds. The van der Waals surface area contributed by atoms with Gasteiger partial charge >= 0.3 is 0 Å². The number of H-pyrrole nitrogens is 1. The fraction of sp³-hybridized carbons (Fsp3) is 0.438. The molecule has 0 bridgehead atoms. The van der Waals surface area contributed by atoms with Crippen LogP contribution in [0.25, 0.3) is 10.9 Å². The Balaban J connectivity index is 1.77. The van der Waals surface area contributed by atoms with Crippen molar-refractivity contribution in [3.05, 3.63) is 45.7 Å². The third kappa shape index (κ3) is 3.63. The van der Waals surface area contributed by atoms with E-state index in [4.69, 9.17) is 0 Å². The van der Waals surface area contributed by atoms with E-state index >= 15 is 0 Å². The maximum absolute atomic E-state index is 12.2. The van der Waals surface area contributed by atoms with Gasteiger partial charge in [-0.1, -0.05) is 11.6 Å². The number of fused-ring (bicyclic) bond motifs is 1. The number of rotatable bonds is 3. The lowest BCUT2D eigenvalue weighted by Gasteiger charge is -2.33. The number of pyridine rings is 1. The number of hydrogen-bond donors (Lipinski definition) is 1. The summed E-state index contributed by atoms with van der Waals surface area (Å²) >= 11 is 0. The molecular formula is C16H21N3O3S. The van der Waals surface area contributed by atoms with Gasteiger partial charge in [0.15, 0.2) is 0 Å². The van der Waals surface area contributed by atoms with Gasteiger partial charge in [-0.15, -0.1) is 0 Å². The highest BCUT2D eigenvalue weighted by atomic mass is 32.2. The number of aromatic nitrogens is 1. The van der Waals surface area contributed by atoms with Crippen LogP contribution in [0.4, 0.5) is 0 Å². The van der Waals surface area contributed by atoms with Gasteiger partial charge in [0.05, 0.1) is 6.26 Å². The van der Waals surface area contributed by atoms with Crippen LogP contribution in [0.5, 0.6) is 0 Å². The van der Waals surface area contributed by atoms with Crippen LogP contribution in [-0.4, -0.2) is 55.0 Å². The topological polar surface area (TPSA) is 73.5 Å². The molecule has 1 aromatic carbocycles. The normalized spacial score (nSPS) is 17.7. The maximum atomic E-state index is 12.2. The Hall–Kier alpha value is -1.70. The third-order valence-electron chi connectivity index (χ3n) is 4.27. The van der Waals surface area contributed by atoms with Crippen molar-refractivity contribution in [2.45, 2.75) is 13.5 Å². The van der Waals surface area contributed by atoms with Gasteiger partial charge in [0.1, 0.15) is 0 Å². The highest BCUT2D eigenvalue weighted by molar-refractivity contribution is 7.88. The van der Waals surface area contributed by atoms with Gasteiger partial charge in [0.2, 0.25) is 10.0 Å². The molecule has 1 N–H and O–H groups in total. The Morgan fingerprint density at radius 3 is 2.48 bits per heavy atom. The minimum Gasteiger partial charge on any atom is -0.322 e. The maximum Gasteiger partial charge on any atom is 0.252 e. The van der Waals surface area contributed by atoms with Crippen molar-refractivity contribution in [1.82, 2.24) is 14.2 Å². The van der Waals surface area contributed by atoms with E-state index < -0.39 is 10.0 Å². The van der Waals surface area contributed by atoms with Gasteiger partial charge in [-0.3, -0.25) is 9.69 Å². The van der Waals surface area contributed by atoms with Crippen molar-refractivity contribution >= 4 is 20.9 Å². The average Bonchev–Trinajstić information content (AvgIpc) is 2.48. The Labute approximate surface area is 135 Å². The molecule has 2 heterocycles. The molecule has 3 rings (SSSR count). The number of sulfonamides is 1. The summed E-state index contributed by atoms with van der Waals surface area (Å²) in [6.07, 6.45) is 1.24. The summed E-state index contributed by atoms with van der Waals surface area (Å²) in [5.41, 5.74) is 2.63. The monoisotopic (exact) mass is 335 g/mol. The summed E-state index contributed by atoms with van der Waals surface area (Å²) in [5, 5.41) is 1.02. The Morgan fingerprint density at radius 2 is 1.83 bits per heavy atom. The Bertz CT molecular complexity index is 881. The van der Waals surface area contributed by atoms with Crippen molar-refractivity contribution < 1.29 is 8.42 Å². The van der Waals surface area contributed by atoms with E-state index in [1.165, 1.54) is 10.6 Å². The molecule has 1 saturated heterocycles. The fourth-order valence-electron chi connectivity index (χ4n) is 2.95. The fourth-order valence-corrected chi connectivity index (χ4v) is 3.78. The van der Waals surface area contributed by atoms with Crippen LogP contribution in [0, 0.1) is 6.92 Å². The van der Waals surface area contributed by atoms with Crippen LogP contribution < -0.4 is 5.56 Å². The quantitative estimate of drug-likeness (QED) is 0.905. The molecule has 1 aliphatic rings. The zero-order valence-electron chi connectivity index (χ0n) is 13.4. The molecule has 0 atom stereocenters. The predicted octanol–water partition coefficient (Wildman–Crippen LogP) is 0.914. The number of benzene rings is 1. The Kier molecular flexibility index (Phi) is 4.27. The summed E-state index contributed by atoms with van der Waals surface area (Å²) in [6, 6.07) is 7.88. The van der Waals surface area contributed by atoms with Crippen molar-refractivity contribution in [1.29, 1.82) is 0 Å². The largest absolute Gasteiger partial charge is 0.322 e. The third-order valence-corrected chi connectivity index (χ3v) is 5.57. The van der Waals surface area contributed by atoms with Crippen molar-refractivity contribution in [3.63, 3.8) is 0 Å². The molecule has 124 valence electrons. The molecule has 1 fully saturated rings. The van der Waals surface area contributed by atoms with Crippen LogP contribution in [0.1, 0.15) is 11.1 Å². The van der Waals surface area contributed by atoms with Crippen molar-refractivity contribution in [3.8, 4) is 0 Å². The van der Waals surface area contributed by atoms with Crippen molar-refractivity contribution in [2.24, 2.45) is 0 Å². The van der Waals surface area contributed by atoms with E-state index in [0.717, 1.165) is 22.0 Å². The van der Waals surface area contributed by atoms with Gasteiger partial charge in [-0.2, -0.15) is 4.31 Å². The first kappa shape index (κ1) is 16.2. The highest BCUT2D eigenvalue weighted by Crippen LogP contribution is 2.15. The number of aryl methyl sites for hydroxylation is 1. The minimum absolute atomic E-state index is 0.0769. The van der Waals surface area contributed by atoms with Gasteiger partial charge in [0.25, 0.3) is 5.56 Å². The molecule has 0 radical (unpaired) electrons. The van der Waals surface area contributed by atoms with E-state index in [1.54, 1.807) is 0 Å². The molecule has 0 unspecified atom stereocenters. The van der Waals surface area contributed by atoms with Crippen LogP contribution >= 0.6 is 0 Å². The van der Waals surface area contributed by atoms with Gasteiger partial charge in [0, 0.05) is 43.8 Å². The SMILES string of the molecule is Cc1ccc2[nH]c(=O)c(CN3CCN(S(C)(=O)=O)CC3)cc2c1. The van der Waals surface area contributed by atoms with Gasteiger partial charge in [-0.05, 0) is 30.5 Å². The Morgan fingerprint density at radius 1 is 1.13 bits per heavy atom. The van der Waals surface area contributed by atoms with E-state index in [1.807, 2.05) is 25.1 Å². The molecule has 1 aliphatic heterocycles. The zero-order valence-corrected chi connectivity index (χ0v) is 14.2. The van der Waals surface area contributed by atoms with Crippen LogP contribution in [-0.2, 0) is 16.6 Å². The predicted molar refractivity (Wildman–Crippen MR) is 91.0 cm³/mol. The minimum atomic E-state index is -3.13. The number of nitrogens with zero attached hydrogens (tertiary/aromatic N) is 2. The average molecular weight is 335 g/mol. The van der Waals surface area contributed by atoms with Crippen LogP contribution in [0.15, 0.2) is 29.1 Å². The smallest absolute Gasteiger partial charge is 0.252 e. The molecule has 0 spiro atoms. The first-order valence-electron chi connectivity index (χ1n) is 7.63. The zero-order chi connectivity index (χ0) is 16.6. The summed E-state index contributed by atoms with van der Waals surface area (Å²) in [5.74, 6) is 0. The van der Waals surface area contributed by atoms with Crippen molar-refractivity contribution in [2.75, 3.05) is 32.4 Å². The van der Waals surface area contributed by atoms with Gasteiger partial charge in [-0.25, -0.2) is 8.42 Å². The highest BCUT2D eigenvalue weighted by Gasteiger charge is 2.23. The lowest BCUT2D eigenvalue weighted by molar-refractivity contribution is 0.181. The summed E-state index contributed by atoms with van der Waals surface area (Å²) in [4.78, 5) is 17.3. The van der Waals surface area contributed by atoms with Crippen LogP contribution in [0.2, 0.25) is 0 Å². The summed E-state index contributed by atoms with van der Waals surface area (Å²) < 4.78 is 24.6. The van der Waals surface area contributed by atoms with E-state index in [9.17, 15) is 13.2 Å². The van der Waals surface area contributed by atoms with E-state index in [-0.39, 0.29) is 5.56 Å². The second kappa shape index (κ2) is 6.07. The summed E-state index contributed by atoms with van der Waals surface area (Å²) in [7, 11) is -3.13. The lowest BCUT2D eigenvalue weighted by Crippen LogP contribution is -2.48. The molecule has 0 saturated carbocycles. The standard InChI is InChI=1S/C16H21N3O3S/c1-12-3-4-15-13(9-12)10-14(16(20)17-15)11-18-5-7-19(8-6-18)23(2,21)22/h3-4,9-10H,5-8,11H2,1-2H3,(H,17,20). The first-order chi connectivity index (χ1) is 10.8. The van der Waals surface area contributed by atoms with Gasteiger partial charge < -0.3 is 4.98 Å². The number of nitrogens with one attached hydrogen (secondary N) is 1. The summed E-state index contributed by atoms with van der Waals surface area (Å²) in [6.45, 7) is 4.79. The molecule has 1 aromatic heterocycles. The molecule has 6 nitrogen and oxygen atoms in total. The first-order valence-corrected chi connectivity index (χ1v) is 9.48. The van der Waals surface area contributed by atoms with Crippen LogP contribution in [0.3, 0.4) is 0 Å². The lowest BCUT2D eigenvalue weighted by atomic mass is 10.1. The second-order valence-corrected chi connectivity index (χ2v) is 8.14. The van der Waals surface area contributed by atoms with E-state index in [2.05, 4.69) is 16.0 Å². The number of hydrogen-bond acceptors (Lipinski definition) is 4. The number of aromatic amines is 1. The molecule has 2 aromatic rings. The molecule has 7 heteroatoms. The second-order valence-electron chi connectivity index (χ2n) is 6.15. The van der Waals surface area contributed by atoms with E-state index in [0.29, 0.717) is 32.7 Å². The molecule has 23 heavy (non-hydrogen) atoms. The molecular weight excluding hydrogens is 314 g/mol.